The predicted octanol–water partition coefficient (Wildman–Crippen LogP) is 1.36. The standard InChI is InChI=1S/C10H13N5S/c1-2-9(16-5-1)6-11-7-10-12-13-14-15(10)8-3-4-8/h1-2,5,8,11H,3-4,6-7H2. The van der Waals surface area contributed by atoms with Crippen LogP contribution in [-0.2, 0) is 13.1 Å². The molecule has 0 saturated heterocycles. The molecule has 0 unspecified atom stereocenters. The largest absolute Gasteiger partial charge is 0.305 e. The quantitative estimate of drug-likeness (QED) is 0.850. The average molecular weight is 235 g/mol. The lowest BCUT2D eigenvalue weighted by molar-refractivity contribution is 0.555. The van der Waals surface area contributed by atoms with E-state index in [1.165, 1.54) is 17.7 Å². The van der Waals surface area contributed by atoms with Crippen molar-refractivity contribution in [2.75, 3.05) is 0 Å². The summed E-state index contributed by atoms with van der Waals surface area (Å²) in [6.07, 6.45) is 2.42. The molecule has 0 aromatic carbocycles. The summed E-state index contributed by atoms with van der Waals surface area (Å²) >= 11 is 1.76. The molecule has 3 rings (SSSR count). The van der Waals surface area contributed by atoms with Gasteiger partial charge in [0.1, 0.15) is 0 Å². The Morgan fingerprint density at radius 2 is 2.38 bits per heavy atom. The van der Waals surface area contributed by atoms with E-state index in [1.807, 2.05) is 4.68 Å². The molecule has 1 aliphatic rings. The van der Waals surface area contributed by atoms with Gasteiger partial charge in [-0.25, -0.2) is 4.68 Å². The predicted molar refractivity (Wildman–Crippen MR) is 61.0 cm³/mol. The lowest BCUT2D eigenvalue weighted by atomic mass is 10.4. The molecule has 1 aliphatic carbocycles. The van der Waals surface area contributed by atoms with Crippen molar-refractivity contribution in [1.82, 2.24) is 25.5 Å². The molecule has 0 aliphatic heterocycles. The second-order valence-corrected chi connectivity index (χ2v) is 4.99. The van der Waals surface area contributed by atoms with Gasteiger partial charge in [-0.05, 0) is 34.7 Å². The molecular formula is C10H13N5S. The highest BCUT2D eigenvalue weighted by Gasteiger charge is 2.27. The molecule has 0 bridgehead atoms. The zero-order valence-corrected chi connectivity index (χ0v) is 9.65. The van der Waals surface area contributed by atoms with E-state index in [2.05, 4.69) is 38.4 Å². The Balaban J connectivity index is 1.56. The molecule has 1 fully saturated rings. The molecule has 6 heteroatoms. The van der Waals surface area contributed by atoms with Crippen molar-refractivity contribution in [3.05, 3.63) is 28.2 Å². The second kappa shape index (κ2) is 4.31. The van der Waals surface area contributed by atoms with Crippen LogP contribution in [0.2, 0.25) is 0 Å². The zero-order chi connectivity index (χ0) is 10.8. The third kappa shape index (κ3) is 2.12. The highest BCUT2D eigenvalue weighted by Crippen LogP contribution is 2.34. The molecular weight excluding hydrogens is 222 g/mol. The number of tetrazole rings is 1. The fourth-order valence-electron chi connectivity index (χ4n) is 1.64. The van der Waals surface area contributed by atoms with Crippen LogP contribution in [0, 0.1) is 0 Å². The van der Waals surface area contributed by atoms with Gasteiger partial charge < -0.3 is 5.32 Å². The zero-order valence-electron chi connectivity index (χ0n) is 8.83. The minimum atomic E-state index is 0.550. The third-order valence-electron chi connectivity index (χ3n) is 2.62. The molecule has 84 valence electrons. The molecule has 2 heterocycles. The first-order valence-electron chi connectivity index (χ1n) is 5.43. The van der Waals surface area contributed by atoms with Gasteiger partial charge in [-0.1, -0.05) is 6.07 Å². The monoisotopic (exact) mass is 235 g/mol. The molecule has 5 nitrogen and oxygen atoms in total. The topological polar surface area (TPSA) is 55.6 Å². The number of nitrogens with zero attached hydrogens (tertiary/aromatic N) is 4. The van der Waals surface area contributed by atoms with Crippen molar-refractivity contribution in [3.63, 3.8) is 0 Å². The lowest BCUT2D eigenvalue weighted by Crippen LogP contribution is -2.16. The minimum Gasteiger partial charge on any atom is -0.305 e. The van der Waals surface area contributed by atoms with Crippen LogP contribution in [0.15, 0.2) is 17.5 Å². The van der Waals surface area contributed by atoms with Crippen LogP contribution in [0.4, 0.5) is 0 Å². The van der Waals surface area contributed by atoms with E-state index >= 15 is 0 Å². The summed E-state index contributed by atoms with van der Waals surface area (Å²) in [5.41, 5.74) is 0. The molecule has 2 aromatic heterocycles. The van der Waals surface area contributed by atoms with Gasteiger partial charge in [0.05, 0.1) is 12.6 Å². The molecule has 0 radical (unpaired) electrons. The Bertz CT molecular complexity index is 445. The van der Waals surface area contributed by atoms with Crippen molar-refractivity contribution in [2.24, 2.45) is 0 Å². The van der Waals surface area contributed by atoms with Crippen molar-refractivity contribution < 1.29 is 0 Å². The van der Waals surface area contributed by atoms with Crippen LogP contribution in [0.5, 0.6) is 0 Å². The maximum absolute atomic E-state index is 4.04. The molecule has 16 heavy (non-hydrogen) atoms. The maximum atomic E-state index is 4.04. The van der Waals surface area contributed by atoms with Crippen LogP contribution < -0.4 is 5.32 Å². The van der Waals surface area contributed by atoms with E-state index in [1.54, 1.807) is 11.3 Å². The minimum absolute atomic E-state index is 0.550. The van der Waals surface area contributed by atoms with Crippen molar-refractivity contribution >= 4 is 11.3 Å². The Morgan fingerprint density at radius 1 is 1.44 bits per heavy atom. The fraction of sp³-hybridized carbons (Fsp3) is 0.500. The van der Waals surface area contributed by atoms with Gasteiger partial charge in [0.15, 0.2) is 5.82 Å². The summed E-state index contributed by atoms with van der Waals surface area (Å²) in [6.45, 7) is 1.62. The van der Waals surface area contributed by atoms with E-state index < -0.39 is 0 Å². The lowest BCUT2D eigenvalue weighted by Gasteiger charge is -2.03. The van der Waals surface area contributed by atoms with Crippen LogP contribution in [0.25, 0.3) is 0 Å². The average Bonchev–Trinajstić information content (AvgIpc) is 2.82. The van der Waals surface area contributed by atoms with E-state index in [0.29, 0.717) is 6.04 Å². The summed E-state index contributed by atoms with van der Waals surface area (Å²) in [6, 6.07) is 4.74. The van der Waals surface area contributed by atoms with Crippen molar-refractivity contribution in [3.8, 4) is 0 Å². The number of hydrogen-bond donors (Lipinski definition) is 1. The molecule has 0 atom stereocenters. The summed E-state index contributed by atoms with van der Waals surface area (Å²) in [7, 11) is 0. The number of aromatic nitrogens is 4. The first kappa shape index (κ1) is 9.92. The molecule has 0 amide bonds. The Labute approximate surface area is 97.5 Å². The van der Waals surface area contributed by atoms with Gasteiger partial charge in [-0.15, -0.1) is 16.4 Å². The molecule has 1 saturated carbocycles. The van der Waals surface area contributed by atoms with Crippen LogP contribution in [0.1, 0.15) is 29.6 Å². The summed E-state index contributed by atoms with van der Waals surface area (Å²) in [5, 5.41) is 17.2. The van der Waals surface area contributed by atoms with Gasteiger partial charge in [0, 0.05) is 11.4 Å². The van der Waals surface area contributed by atoms with Gasteiger partial charge in [-0.2, -0.15) is 0 Å². The van der Waals surface area contributed by atoms with Crippen molar-refractivity contribution in [1.29, 1.82) is 0 Å². The first-order chi connectivity index (χ1) is 7.93. The number of thiophene rings is 1. The maximum Gasteiger partial charge on any atom is 0.165 e. The Kier molecular flexibility index (Phi) is 2.67. The number of rotatable bonds is 5. The normalized spacial score (nSPS) is 15.5. The summed E-state index contributed by atoms with van der Waals surface area (Å²) < 4.78 is 1.95. The third-order valence-corrected chi connectivity index (χ3v) is 3.49. The molecule has 0 spiro atoms. The van der Waals surface area contributed by atoms with Gasteiger partial charge in [0.2, 0.25) is 0 Å². The van der Waals surface area contributed by atoms with E-state index in [4.69, 9.17) is 0 Å². The summed E-state index contributed by atoms with van der Waals surface area (Å²) in [5.74, 6) is 0.944. The SMILES string of the molecule is c1csc(CNCc2nnnn2C2CC2)c1. The van der Waals surface area contributed by atoms with Gasteiger partial charge >= 0.3 is 0 Å². The second-order valence-electron chi connectivity index (χ2n) is 3.95. The number of nitrogens with one attached hydrogen (secondary N) is 1. The van der Waals surface area contributed by atoms with Gasteiger partial charge in [-0.3, -0.25) is 0 Å². The van der Waals surface area contributed by atoms with E-state index in [0.717, 1.165) is 18.9 Å². The van der Waals surface area contributed by atoms with Crippen LogP contribution >= 0.6 is 11.3 Å². The molecule has 1 N–H and O–H groups in total. The Morgan fingerprint density at radius 3 is 3.12 bits per heavy atom. The van der Waals surface area contributed by atoms with Crippen LogP contribution in [0.3, 0.4) is 0 Å². The van der Waals surface area contributed by atoms with Gasteiger partial charge in [0.25, 0.3) is 0 Å². The fourth-order valence-corrected chi connectivity index (χ4v) is 2.32. The number of hydrogen-bond acceptors (Lipinski definition) is 5. The summed E-state index contributed by atoms with van der Waals surface area (Å²) in [4.78, 5) is 1.34. The van der Waals surface area contributed by atoms with E-state index in [-0.39, 0.29) is 0 Å². The van der Waals surface area contributed by atoms with E-state index in [9.17, 15) is 0 Å². The first-order valence-corrected chi connectivity index (χ1v) is 6.31. The van der Waals surface area contributed by atoms with Crippen molar-refractivity contribution in [2.45, 2.75) is 32.0 Å². The highest BCUT2D eigenvalue weighted by atomic mass is 32.1. The smallest absolute Gasteiger partial charge is 0.165 e. The molecule has 2 aromatic rings. The Hall–Kier alpha value is -1.27. The van der Waals surface area contributed by atoms with Crippen LogP contribution in [-0.4, -0.2) is 20.2 Å². The highest BCUT2D eigenvalue weighted by molar-refractivity contribution is 7.09.